The van der Waals surface area contributed by atoms with Crippen molar-refractivity contribution < 1.29 is 9.84 Å². The molecule has 1 saturated heterocycles. The maximum atomic E-state index is 10.3. The molecule has 0 aliphatic carbocycles. The first-order valence-corrected chi connectivity index (χ1v) is 7.91. The second-order valence-electron chi connectivity index (χ2n) is 7.19. The molecule has 1 heterocycles. The monoisotopic (exact) mass is 311 g/mol. The van der Waals surface area contributed by atoms with Crippen LogP contribution in [0.1, 0.15) is 45.8 Å². The molecule has 1 N–H and O–H groups in total. The van der Waals surface area contributed by atoms with Crippen LogP contribution >= 0.6 is 11.6 Å². The van der Waals surface area contributed by atoms with Crippen LogP contribution in [0.3, 0.4) is 0 Å². The zero-order chi connectivity index (χ0) is 15.7. The number of rotatable bonds is 4. The molecule has 1 atom stereocenters. The largest absolute Gasteiger partial charge is 0.388 e. The predicted molar refractivity (Wildman–Crippen MR) is 86.7 cm³/mol. The predicted octanol–water partition coefficient (Wildman–Crippen LogP) is 3.65. The summed E-state index contributed by atoms with van der Waals surface area (Å²) in [6.45, 7) is 11.1. The third kappa shape index (κ3) is 4.96. The van der Waals surface area contributed by atoms with E-state index in [4.69, 9.17) is 16.3 Å². The van der Waals surface area contributed by atoms with Gasteiger partial charge in [0.1, 0.15) is 0 Å². The van der Waals surface area contributed by atoms with Crippen molar-refractivity contribution in [3.8, 4) is 0 Å². The maximum absolute atomic E-state index is 10.3. The van der Waals surface area contributed by atoms with Gasteiger partial charge in [0.05, 0.1) is 17.3 Å². The summed E-state index contributed by atoms with van der Waals surface area (Å²) in [6, 6.07) is 7.42. The lowest BCUT2D eigenvalue weighted by atomic mass is 9.98. The van der Waals surface area contributed by atoms with Crippen LogP contribution in [0.4, 0.5) is 0 Å². The minimum atomic E-state index is -0.448. The summed E-state index contributed by atoms with van der Waals surface area (Å²) in [5.74, 6) is 0. The fraction of sp³-hybridized carbons (Fsp3) is 0.647. The average Bonchev–Trinajstić information content (AvgIpc) is 2.33. The number of halogens is 1. The number of benzene rings is 1. The molecular formula is C17H26ClNO2. The number of ether oxygens (including phenoxy) is 1. The number of hydrogen-bond acceptors (Lipinski definition) is 3. The molecule has 0 saturated carbocycles. The first-order chi connectivity index (χ1) is 9.67. The van der Waals surface area contributed by atoms with Crippen LogP contribution in [0.5, 0.6) is 0 Å². The molecule has 118 valence electrons. The van der Waals surface area contributed by atoms with E-state index in [1.807, 2.05) is 24.3 Å². The number of aliphatic hydroxyl groups excluding tert-OH is 1. The summed E-state index contributed by atoms with van der Waals surface area (Å²) in [7, 11) is 0. The summed E-state index contributed by atoms with van der Waals surface area (Å²) in [6.07, 6.45) is 0.268. The van der Waals surface area contributed by atoms with E-state index in [0.717, 1.165) is 25.2 Å². The summed E-state index contributed by atoms with van der Waals surface area (Å²) in [5, 5.41) is 11.0. The fourth-order valence-electron chi connectivity index (χ4n) is 3.26. The van der Waals surface area contributed by atoms with Crippen molar-refractivity contribution in [2.45, 2.75) is 51.4 Å². The normalized spacial score (nSPS) is 23.0. The summed E-state index contributed by atoms with van der Waals surface area (Å²) >= 11 is 5.87. The second kappa shape index (κ2) is 6.25. The lowest BCUT2D eigenvalue weighted by Crippen LogP contribution is -2.57. The van der Waals surface area contributed by atoms with Gasteiger partial charge in [0, 0.05) is 24.7 Å². The molecule has 1 unspecified atom stereocenters. The third-order valence-electron chi connectivity index (χ3n) is 3.73. The number of nitrogens with zero attached hydrogens (tertiary/aromatic N) is 1. The Labute approximate surface area is 132 Å². The first kappa shape index (κ1) is 16.8. The lowest BCUT2D eigenvalue weighted by Gasteiger charge is -2.47. The van der Waals surface area contributed by atoms with E-state index in [-0.39, 0.29) is 11.2 Å². The highest BCUT2D eigenvalue weighted by atomic mass is 35.5. The fourth-order valence-corrected chi connectivity index (χ4v) is 3.39. The van der Waals surface area contributed by atoms with Crippen molar-refractivity contribution in [3.05, 3.63) is 34.9 Å². The van der Waals surface area contributed by atoms with Crippen molar-refractivity contribution in [1.82, 2.24) is 4.90 Å². The van der Waals surface area contributed by atoms with Crippen molar-refractivity contribution in [3.63, 3.8) is 0 Å². The molecule has 4 heteroatoms. The minimum absolute atomic E-state index is 0.146. The van der Waals surface area contributed by atoms with E-state index in [1.54, 1.807) is 0 Å². The quantitative estimate of drug-likeness (QED) is 0.921. The molecule has 1 aliphatic heterocycles. The van der Waals surface area contributed by atoms with Gasteiger partial charge in [0.15, 0.2) is 0 Å². The van der Waals surface area contributed by atoms with Crippen LogP contribution in [0.15, 0.2) is 24.3 Å². The Hall–Kier alpha value is -0.610. The Bertz CT molecular complexity index is 454. The molecule has 0 spiro atoms. The van der Waals surface area contributed by atoms with E-state index in [2.05, 4.69) is 32.6 Å². The van der Waals surface area contributed by atoms with E-state index in [0.29, 0.717) is 11.4 Å². The molecule has 1 aromatic carbocycles. The van der Waals surface area contributed by atoms with Crippen LogP contribution in [0.25, 0.3) is 0 Å². The van der Waals surface area contributed by atoms with Crippen LogP contribution < -0.4 is 0 Å². The highest BCUT2D eigenvalue weighted by molar-refractivity contribution is 6.30. The lowest BCUT2D eigenvalue weighted by molar-refractivity contribution is -0.181. The SMILES string of the molecule is CC1(C)CN(CCC(O)c2ccc(Cl)cc2)CC(C)(C)O1. The van der Waals surface area contributed by atoms with Gasteiger partial charge >= 0.3 is 0 Å². The van der Waals surface area contributed by atoms with Gasteiger partial charge in [-0.2, -0.15) is 0 Å². The molecular weight excluding hydrogens is 286 g/mol. The van der Waals surface area contributed by atoms with Crippen molar-refractivity contribution in [1.29, 1.82) is 0 Å². The van der Waals surface area contributed by atoms with E-state index in [1.165, 1.54) is 0 Å². The van der Waals surface area contributed by atoms with Gasteiger partial charge in [-0.15, -0.1) is 0 Å². The highest BCUT2D eigenvalue weighted by Crippen LogP contribution is 2.29. The van der Waals surface area contributed by atoms with Gasteiger partial charge in [-0.05, 0) is 51.8 Å². The molecule has 3 nitrogen and oxygen atoms in total. The Morgan fingerprint density at radius 1 is 1.14 bits per heavy atom. The van der Waals surface area contributed by atoms with E-state index < -0.39 is 6.10 Å². The molecule has 0 bridgehead atoms. The van der Waals surface area contributed by atoms with E-state index >= 15 is 0 Å². The number of hydrogen-bond donors (Lipinski definition) is 1. The molecule has 21 heavy (non-hydrogen) atoms. The topological polar surface area (TPSA) is 32.7 Å². The van der Waals surface area contributed by atoms with Gasteiger partial charge in [-0.25, -0.2) is 0 Å². The Morgan fingerprint density at radius 3 is 2.19 bits per heavy atom. The van der Waals surface area contributed by atoms with Crippen molar-refractivity contribution in [2.75, 3.05) is 19.6 Å². The van der Waals surface area contributed by atoms with Gasteiger partial charge in [0.2, 0.25) is 0 Å². The number of aliphatic hydroxyl groups is 1. The molecule has 0 amide bonds. The second-order valence-corrected chi connectivity index (χ2v) is 7.62. The standard InChI is InChI=1S/C17H26ClNO2/c1-16(2)11-19(12-17(3,4)21-16)10-9-15(20)13-5-7-14(18)8-6-13/h5-8,15,20H,9-12H2,1-4H3. The maximum Gasteiger partial charge on any atom is 0.0802 e. The summed E-state index contributed by atoms with van der Waals surface area (Å²) < 4.78 is 6.08. The van der Waals surface area contributed by atoms with Crippen LogP contribution in [-0.2, 0) is 4.74 Å². The molecule has 0 aromatic heterocycles. The van der Waals surface area contributed by atoms with Gasteiger partial charge in [-0.1, -0.05) is 23.7 Å². The molecule has 1 aromatic rings. The molecule has 1 fully saturated rings. The molecule has 1 aliphatic rings. The smallest absolute Gasteiger partial charge is 0.0802 e. The Morgan fingerprint density at radius 2 is 1.67 bits per heavy atom. The molecule has 0 radical (unpaired) electrons. The Kier molecular flexibility index (Phi) is 4.99. The van der Waals surface area contributed by atoms with Crippen molar-refractivity contribution in [2.24, 2.45) is 0 Å². The van der Waals surface area contributed by atoms with Crippen LogP contribution in [-0.4, -0.2) is 40.8 Å². The van der Waals surface area contributed by atoms with Crippen LogP contribution in [0, 0.1) is 0 Å². The van der Waals surface area contributed by atoms with E-state index in [9.17, 15) is 5.11 Å². The minimum Gasteiger partial charge on any atom is -0.388 e. The summed E-state index contributed by atoms with van der Waals surface area (Å²) in [5.41, 5.74) is 0.631. The first-order valence-electron chi connectivity index (χ1n) is 7.53. The summed E-state index contributed by atoms with van der Waals surface area (Å²) in [4.78, 5) is 2.38. The van der Waals surface area contributed by atoms with Gasteiger partial charge < -0.3 is 9.84 Å². The van der Waals surface area contributed by atoms with Crippen molar-refractivity contribution >= 4 is 11.6 Å². The van der Waals surface area contributed by atoms with Crippen LogP contribution in [0.2, 0.25) is 5.02 Å². The highest BCUT2D eigenvalue weighted by Gasteiger charge is 2.37. The van der Waals surface area contributed by atoms with Gasteiger partial charge in [-0.3, -0.25) is 4.90 Å². The third-order valence-corrected chi connectivity index (χ3v) is 3.99. The Balaban J connectivity index is 1.91. The van der Waals surface area contributed by atoms with Gasteiger partial charge in [0.25, 0.3) is 0 Å². The molecule has 2 rings (SSSR count). The number of morpholine rings is 1. The zero-order valence-corrected chi connectivity index (χ0v) is 14.2. The average molecular weight is 312 g/mol. The zero-order valence-electron chi connectivity index (χ0n) is 13.4.